The van der Waals surface area contributed by atoms with Crippen molar-refractivity contribution in [1.29, 1.82) is 0 Å². The van der Waals surface area contributed by atoms with E-state index in [0.29, 0.717) is 5.41 Å². The highest BCUT2D eigenvalue weighted by Crippen LogP contribution is 2.24. The first-order chi connectivity index (χ1) is 10.5. The zero-order chi connectivity index (χ0) is 16.0. The number of rotatable bonds is 7. The lowest BCUT2D eigenvalue weighted by atomic mass is 9.88. The van der Waals surface area contributed by atoms with E-state index in [-0.39, 0.29) is 0 Å². The molecule has 1 saturated heterocycles. The first kappa shape index (κ1) is 17.9. The molecule has 1 aliphatic heterocycles. The summed E-state index contributed by atoms with van der Waals surface area (Å²) in [7, 11) is 0. The molecule has 0 aliphatic carbocycles. The average molecular weight is 320 g/mol. The SMILES string of the molecule is CCCSCC1CCN(Cc2ccc(CC(C)(C)C)cc2)C1. The van der Waals surface area contributed by atoms with Gasteiger partial charge >= 0.3 is 0 Å². The van der Waals surface area contributed by atoms with Crippen LogP contribution in [-0.2, 0) is 13.0 Å². The van der Waals surface area contributed by atoms with E-state index in [4.69, 9.17) is 0 Å². The molecule has 1 atom stereocenters. The van der Waals surface area contributed by atoms with Crippen molar-refractivity contribution >= 4 is 11.8 Å². The third-order valence-electron chi connectivity index (χ3n) is 4.24. The summed E-state index contributed by atoms with van der Waals surface area (Å²) in [6.07, 6.45) is 3.86. The van der Waals surface area contributed by atoms with Gasteiger partial charge in [-0.25, -0.2) is 0 Å². The molecule has 1 aromatic carbocycles. The molecule has 1 aromatic rings. The predicted octanol–water partition coefficient (Wildman–Crippen LogP) is 5.24. The van der Waals surface area contributed by atoms with Crippen LogP contribution in [0.5, 0.6) is 0 Å². The minimum Gasteiger partial charge on any atom is -0.299 e. The summed E-state index contributed by atoms with van der Waals surface area (Å²) in [5.74, 6) is 3.59. The van der Waals surface area contributed by atoms with Gasteiger partial charge in [0.1, 0.15) is 0 Å². The summed E-state index contributed by atoms with van der Waals surface area (Å²) >= 11 is 2.14. The van der Waals surface area contributed by atoms with Crippen LogP contribution in [0.25, 0.3) is 0 Å². The van der Waals surface area contributed by atoms with Crippen molar-refractivity contribution in [2.75, 3.05) is 24.6 Å². The minimum absolute atomic E-state index is 0.375. The van der Waals surface area contributed by atoms with E-state index in [1.807, 2.05) is 0 Å². The van der Waals surface area contributed by atoms with Gasteiger partial charge in [-0.05, 0) is 59.8 Å². The minimum atomic E-state index is 0.375. The lowest BCUT2D eigenvalue weighted by Gasteiger charge is -2.19. The number of hydrogen-bond donors (Lipinski definition) is 0. The molecule has 1 fully saturated rings. The van der Waals surface area contributed by atoms with Crippen LogP contribution in [0.3, 0.4) is 0 Å². The van der Waals surface area contributed by atoms with Gasteiger partial charge in [-0.2, -0.15) is 11.8 Å². The summed E-state index contributed by atoms with van der Waals surface area (Å²) in [4.78, 5) is 2.63. The van der Waals surface area contributed by atoms with Gasteiger partial charge < -0.3 is 0 Å². The number of benzene rings is 1. The van der Waals surface area contributed by atoms with Gasteiger partial charge in [-0.1, -0.05) is 52.0 Å². The van der Waals surface area contributed by atoms with Crippen molar-refractivity contribution in [3.63, 3.8) is 0 Å². The fourth-order valence-electron chi connectivity index (χ4n) is 3.22. The standard InChI is InChI=1S/C20H33NS/c1-5-12-22-16-19-10-11-21(15-19)14-18-8-6-17(7-9-18)13-20(2,3)4/h6-9,19H,5,10-16H2,1-4H3. The fraction of sp³-hybridized carbons (Fsp3) is 0.700. The van der Waals surface area contributed by atoms with Crippen molar-refractivity contribution < 1.29 is 0 Å². The largest absolute Gasteiger partial charge is 0.299 e. The highest BCUT2D eigenvalue weighted by molar-refractivity contribution is 7.99. The van der Waals surface area contributed by atoms with Gasteiger partial charge in [-0.15, -0.1) is 0 Å². The van der Waals surface area contributed by atoms with Crippen LogP contribution >= 0.6 is 11.8 Å². The Hall–Kier alpha value is -0.470. The Morgan fingerprint density at radius 2 is 1.82 bits per heavy atom. The van der Waals surface area contributed by atoms with Gasteiger partial charge in [0.2, 0.25) is 0 Å². The Balaban J connectivity index is 1.77. The summed E-state index contributed by atoms with van der Waals surface area (Å²) in [5, 5.41) is 0. The molecule has 0 N–H and O–H groups in total. The van der Waals surface area contributed by atoms with E-state index < -0.39 is 0 Å². The second-order valence-corrected chi connectivity index (χ2v) is 9.17. The Morgan fingerprint density at radius 3 is 2.45 bits per heavy atom. The molecular weight excluding hydrogens is 286 g/mol. The number of nitrogens with zero attached hydrogens (tertiary/aromatic N) is 1. The van der Waals surface area contributed by atoms with E-state index in [2.05, 4.69) is 68.6 Å². The molecule has 1 aliphatic rings. The number of likely N-dealkylation sites (tertiary alicyclic amines) is 1. The van der Waals surface area contributed by atoms with Crippen molar-refractivity contribution in [2.45, 2.75) is 53.5 Å². The average Bonchev–Trinajstić information content (AvgIpc) is 2.87. The maximum Gasteiger partial charge on any atom is 0.0233 e. The van der Waals surface area contributed by atoms with Gasteiger partial charge in [0, 0.05) is 13.1 Å². The van der Waals surface area contributed by atoms with Crippen LogP contribution in [0, 0.1) is 11.3 Å². The van der Waals surface area contributed by atoms with Crippen LogP contribution in [0.1, 0.15) is 51.7 Å². The lowest BCUT2D eigenvalue weighted by molar-refractivity contribution is 0.321. The Kier molecular flexibility index (Phi) is 6.83. The number of thioether (sulfide) groups is 1. The summed E-state index contributed by atoms with van der Waals surface area (Å²) in [5.41, 5.74) is 3.31. The van der Waals surface area contributed by atoms with Crippen LogP contribution < -0.4 is 0 Å². The van der Waals surface area contributed by atoms with Crippen molar-refractivity contribution in [3.05, 3.63) is 35.4 Å². The molecule has 124 valence electrons. The van der Waals surface area contributed by atoms with Crippen LogP contribution in [0.2, 0.25) is 0 Å². The monoisotopic (exact) mass is 319 g/mol. The Bertz CT molecular complexity index is 432. The Morgan fingerprint density at radius 1 is 1.14 bits per heavy atom. The van der Waals surface area contributed by atoms with Crippen LogP contribution in [0.4, 0.5) is 0 Å². The number of hydrogen-bond acceptors (Lipinski definition) is 2. The molecule has 0 radical (unpaired) electrons. The highest BCUT2D eigenvalue weighted by Gasteiger charge is 2.22. The maximum atomic E-state index is 2.63. The molecule has 0 bridgehead atoms. The summed E-state index contributed by atoms with van der Waals surface area (Å²) in [6.45, 7) is 12.9. The lowest BCUT2D eigenvalue weighted by Crippen LogP contribution is -2.20. The molecule has 0 saturated carbocycles. The molecule has 2 rings (SSSR count). The van der Waals surface area contributed by atoms with Gasteiger partial charge in [0.05, 0.1) is 0 Å². The molecule has 1 nitrogen and oxygen atoms in total. The van der Waals surface area contributed by atoms with E-state index >= 15 is 0 Å². The second-order valence-electron chi connectivity index (χ2n) is 8.02. The highest BCUT2D eigenvalue weighted by atomic mass is 32.2. The van der Waals surface area contributed by atoms with Crippen molar-refractivity contribution in [3.8, 4) is 0 Å². The normalized spacial score (nSPS) is 19.7. The molecule has 22 heavy (non-hydrogen) atoms. The summed E-state index contributed by atoms with van der Waals surface area (Å²) in [6, 6.07) is 9.32. The van der Waals surface area contributed by atoms with E-state index in [1.54, 1.807) is 0 Å². The van der Waals surface area contributed by atoms with Crippen LogP contribution in [-0.4, -0.2) is 29.5 Å². The predicted molar refractivity (Wildman–Crippen MR) is 101 cm³/mol. The molecule has 1 unspecified atom stereocenters. The molecular formula is C20H33NS. The first-order valence-corrected chi connectivity index (χ1v) is 9.99. The van der Waals surface area contributed by atoms with Gasteiger partial charge in [-0.3, -0.25) is 4.90 Å². The summed E-state index contributed by atoms with van der Waals surface area (Å²) < 4.78 is 0. The maximum absolute atomic E-state index is 2.63. The van der Waals surface area contributed by atoms with E-state index in [1.165, 1.54) is 48.6 Å². The molecule has 0 spiro atoms. The molecule has 2 heteroatoms. The molecule has 0 aromatic heterocycles. The van der Waals surface area contributed by atoms with Crippen molar-refractivity contribution in [1.82, 2.24) is 4.90 Å². The quantitative estimate of drug-likeness (QED) is 0.632. The Labute approximate surface area is 141 Å². The zero-order valence-electron chi connectivity index (χ0n) is 14.9. The topological polar surface area (TPSA) is 3.24 Å². The fourth-order valence-corrected chi connectivity index (χ4v) is 4.28. The zero-order valence-corrected chi connectivity index (χ0v) is 15.7. The van der Waals surface area contributed by atoms with Crippen molar-refractivity contribution in [2.24, 2.45) is 11.3 Å². The smallest absolute Gasteiger partial charge is 0.0233 e. The third kappa shape index (κ3) is 6.34. The van der Waals surface area contributed by atoms with Gasteiger partial charge in [0.15, 0.2) is 0 Å². The molecule has 1 heterocycles. The van der Waals surface area contributed by atoms with E-state index in [0.717, 1.165) is 18.9 Å². The van der Waals surface area contributed by atoms with E-state index in [9.17, 15) is 0 Å². The van der Waals surface area contributed by atoms with Gasteiger partial charge in [0.25, 0.3) is 0 Å². The second kappa shape index (κ2) is 8.40. The first-order valence-electron chi connectivity index (χ1n) is 8.84. The van der Waals surface area contributed by atoms with Crippen LogP contribution in [0.15, 0.2) is 24.3 Å². The third-order valence-corrected chi connectivity index (χ3v) is 5.64. The molecule has 0 amide bonds.